The molecule has 0 aromatic carbocycles. The third-order valence-electron chi connectivity index (χ3n) is 3.71. The van der Waals surface area contributed by atoms with E-state index in [0.717, 1.165) is 25.7 Å². The van der Waals surface area contributed by atoms with Crippen LogP contribution in [-0.4, -0.2) is 30.7 Å². The first-order chi connectivity index (χ1) is 8.01. The number of nitrogens with two attached hydrogens (primary N) is 1. The van der Waals surface area contributed by atoms with E-state index in [1.165, 1.54) is 0 Å². The number of carbonyl (C=O) groups excluding carboxylic acids is 1. The fourth-order valence-electron chi connectivity index (χ4n) is 2.36. The van der Waals surface area contributed by atoms with Gasteiger partial charge in [0.25, 0.3) is 0 Å². The van der Waals surface area contributed by atoms with Crippen molar-refractivity contribution in [2.75, 3.05) is 13.2 Å². The zero-order valence-corrected chi connectivity index (χ0v) is 11.3. The first-order valence-electron chi connectivity index (χ1n) is 6.64. The van der Waals surface area contributed by atoms with Crippen molar-refractivity contribution in [2.45, 2.75) is 58.1 Å². The standard InChI is InChI=1S/C13H26N2O2/c1-4-11(3)15-12(16)8-17-13(9-14)6-5-10(2)7-13/h10-11H,4-9,14H2,1-3H3,(H,15,16). The molecule has 1 fully saturated rings. The minimum atomic E-state index is -0.258. The van der Waals surface area contributed by atoms with Crippen molar-refractivity contribution in [2.24, 2.45) is 11.7 Å². The summed E-state index contributed by atoms with van der Waals surface area (Å²) < 4.78 is 5.78. The molecule has 0 heterocycles. The highest BCUT2D eigenvalue weighted by Gasteiger charge is 2.37. The van der Waals surface area contributed by atoms with Gasteiger partial charge in [0.05, 0.1) is 5.60 Å². The third-order valence-corrected chi connectivity index (χ3v) is 3.71. The van der Waals surface area contributed by atoms with Crippen molar-refractivity contribution < 1.29 is 9.53 Å². The van der Waals surface area contributed by atoms with Crippen molar-refractivity contribution in [1.29, 1.82) is 0 Å². The van der Waals surface area contributed by atoms with Crippen LogP contribution in [0.4, 0.5) is 0 Å². The molecular weight excluding hydrogens is 216 g/mol. The minimum Gasteiger partial charge on any atom is -0.364 e. The summed E-state index contributed by atoms with van der Waals surface area (Å²) in [4.78, 5) is 11.6. The van der Waals surface area contributed by atoms with E-state index in [4.69, 9.17) is 10.5 Å². The average molecular weight is 242 g/mol. The maximum atomic E-state index is 11.6. The van der Waals surface area contributed by atoms with E-state index in [1.54, 1.807) is 0 Å². The summed E-state index contributed by atoms with van der Waals surface area (Å²) >= 11 is 0. The molecule has 0 saturated heterocycles. The number of amides is 1. The van der Waals surface area contributed by atoms with Crippen LogP contribution in [0, 0.1) is 5.92 Å². The van der Waals surface area contributed by atoms with Gasteiger partial charge in [-0.1, -0.05) is 13.8 Å². The fourth-order valence-corrected chi connectivity index (χ4v) is 2.36. The Morgan fingerprint density at radius 3 is 2.82 bits per heavy atom. The number of carbonyl (C=O) groups is 1. The lowest BCUT2D eigenvalue weighted by atomic mass is 10.0. The Kier molecular flexibility index (Phi) is 5.40. The van der Waals surface area contributed by atoms with Gasteiger partial charge in [0.2, 0.25) is 5.91 Å². The van der Waals surface area contributed by atoms with Gasteiger partial charge in [0.15, 0.2) is 0 Å². The van der Waals surface area contributed by atoms with Crippen molar-refractivity contribution in [3.8, 4) is 0 Å². The third kappa shape index (κ3) is 4.28. The van der Waals surface area contributed by atoms with Crippen LogP contribution in [0.3, 0.4) is 0 Å². The predicted octanol–water partition coefficient (Wildman–Crippen LogP) is 1.44. The zero-order chi connectivity index (χ0) is 12.9. The fraction of sp³-hybridized carbons (Fsp3) is 0.923. The topological polar surface area (TPSA) is 64.3 Å². The van der Waals surface area contributed by atoms with Gasteiger partial charge >= 0.3 is 0 Å². The second-order valence-corrected chi connectivity index (χ2v) is 5.40. The summed E-state index contributed by atoms with van der Waals surface area (Å²) in [7, 11) is 0. The lowest BCUT2D eigenvalue weighted by Gasteiger charge is -2.28. The van der Waals surface area contributed by atoms with Crippen molar-refractivity contribution >= 4 is 5.91 Å². The first-order valence-corrected chi connectivity index (χ1v) is 6.64. The normalized spacial score (nSPS) is 30.2. The summed E-state index contributed by atoms with van der Waals surface area (Å²) in [5.74, 6) is 0.614. The largest absolute Gasteiger partial charge is 0.364 e. The van der Waals surface area contributed by atoms with Crippen molar-refractivity contribution in [3.63, 3.8) is 0 Å². The quantitative estimate of drug-likeness (QED) is 0.740. The molecule has 1 rings (SSSR count). The van der Waals surface area contributed by atoms with E-state index in [1.807, 2.05) is 13.8 Å². The second-order valence-electron chi connectivity index (χ2n) is 5.40. The highest BCUT2D eigenvalue weighted by molar-refractivity contribution is 5.77. The molecule has 0 spiro atoms. The highest BCUT2D eigenvalue weighted by atomic mass is 16.5. The molecular formula is C13H26N2O2. The molecule has 1 aliphatic carbocycles. The molecule has 3 N–H and O–H groups in total. The maximum absolute atomic E-state index is 11.6. The van der Waals surface area contributed by atoms with Crippen LogP contribution in [0.25, 0.3) is 0 Å². The summed E-state index contributed by atoms with van der Waals surface area (Å²) in [5, 5.41) is 2.90. The average Bonchev–Trinajstić information content (AvgIpc) is 2.69. The molecule has 100 valence electrons. The van der Waals surface area contributed by atoms with E-state index < -0.39 is 0 Å². The van der Waals surface area contributed by atoms with E-state index in [0.29, 0.717) is 12.5 Å². The van der Waals surface area contributed by atoms with Crippen molar-refractivity contribution in [3.05, 3.63) is 0 Å². The van der Waals surface area contributed by atoms with Crippen LogP contribution >= 0.6 is 0 Å². The Hall–Kier alpha value is -0.610. The second kappa shape index (κ2) is 6.36. The van der Waals surface area contributed by atoms with Gasteiger partial charge in [0, 0.05) is 12.6 Å². The molecule has 3 atom stereocenters. The number of hydrogen-bond donors (Lipinski definition) is 2. The summed E-state index contributed by atoms with van der Waals surface area (Å²) in [6, 6.07) is 0.211. The Balaban J connectivity index is 2.35. The zero-order valence-electron chi connectivity index (χ0n) is 11.3. The molecule has 0 bridgehead atoms. The van der Waals surface area contributed by atoms with Crippen molar-refractivity contribution in [1.82, 2.24) is 5.32 Å². The lowest BCUT2D eigenvalue weighted by molar-refractivity contribution is -0.133. The molecule has 0 aliphatic heterocycles. The van der Waals surface area contributed by atoms with Crippen LogP contribution in [-0.2, 0) is 9.53 Å². The van der Waals surface area contributed by atoms with E-state index in [9.17, 15) is 4.79 Å². The Morgan fingerprint density at radius 1 is 1.65 bits per heavy atom. The van der Waals surface area contributed by atoms with E-state index in [-0.39, 0.29) is 24.2 Å². The molecule has 1 aliphatic rings. The lowest BCUT2D eigenvalue weighted by Crippen LogP contribution is -2.43. The Morgan fingerprint density at radius 2 is 2.35 bits per heavy atom. The minimum absolute atomic E-state index is 0.0354. The molecule has 17 heavy (non-hydrogen) atoms. The molecule has 0 aromatic rings. The van der Waals surface area contributed by atoms with Gasteiger partial charge in [-0.2, -0.15) is 0 Å². The van der Waals surface area contributed by atoms with Crippen LogP contribution in [0.1, 0.15) is 46.5 Å². The van der Waals surface area contributed by atoms with Gasteiger partial charge < -0.3 is 15.8 Å². The van der Waals surface area contributed by atoms with Gasteiger partial charge in [-0.05, 0) is 38.5 Å². The number of nitrogens with one attached hydrogen (secondary N) is 1. The van der Waals surface area contributed by atoms with E-state index >= 15 is 0 Å². The van der Waals surface area contributed by atoms with Gasteiger partial charge in [-0.3, -0.25) is 4.79 Å². The maximum Gasteiger partial charge on any atom is 0.246 e. The smallest absolute Gasteiger partial charge is 0.246 e. The number of hydrogen-bond acceptors (Lipinski definition) is 3. The molecule has 0 radical (unpaired) electrons. The molecule has 3 unspecified atom stereocenters. The highest BCUT2D eigenvalue weighted by Crippen LogP contribution is 2.36. The van der Waals surface area contributed by atoms with Gasteiger partial charge in [-0.25, -0.2) is 0 Å². The van der Waals surface area contributed by atoms with Gasteiger partial charge in [-0.15, -0.1) is 0 Å². The first kappa shape index (κ1) is 14.5. The van der Waals surface area contributed by atoms with Crippen LogP contribution < -0.4 is 11.1 Å². The summed E-state index contributed by atoms with van der Waals surface area (Å²) in [6.45, 7) is 6.89. The van der Waals surface area contributed by atoms with E-state index in [2.05, 4.69) is 12.2 Å². The summed E-state index contributed by atoms with van der Waals surface area (Å²) in [5.41, 5.74) is 5.53. The number of rotatable bonds is 6. The van der Waals surface area contributed by atoms with Crippen LogP contribution in [0.2, 0.25) is 0 Å². The SMILES string of the molecule is CCC(C)NC(=O)COC1(CN)CCC(C)C1. The molecule has 0 aromatic heterocycles. The molecule has 4 nitrogen and oxygen atoms in total. The number of ether oxygens (including phenoxy) is 1. The monoisotopic (exact) mass is 242 g/mol. The molecule has 1 saturated carbocycles. The van der Waals surface area contributed by atoms with Crippen LogP contribution in [0.5, 0.6) is 0 Å². The summed E-state index contributed by atoms with van der Waals surface area (Å²) in [6.07, 6.45) is 4.02. The van der Waals surface area contributed by atoms with Crippen LogP contribution in [0.15, 0.2) is 0 Å². The Bertz CT molecular complexity index is 258. The Labute approximate surface area is 104 Å². The molecule has 1 amide bonds. The predicted molar refractivity (Wildman–Crippen MR) is 68.6 cm³/mol. The molecule has 4 heteroatoms. The van der Waals surface area contributed by atoms with Gasteiger partial charge in [0.1, 0.15) is 6.61 Å².